The Labute approximate surface area is 193 Å². The third-order valence-electron chi connectivity index (χ3n) is 3.97. The van der Waals surface area contributed by atoms with Crippen LogP contribution >= 0.6 is 7.82 Å². The zero-order valence-electron chi connectivity index (χ0n) is 18.9. The Morgan fingerprint density at radius 2 is 1.18 bits per heavy atom. The number of hydrogen-bond acceptors (Lipinski definition) is 8. The monoisotopic (exact) mass is 474 g/mol. The van der Waals surface area contributed by atoms with Crippen molar-refractivity contribution in [1.82, 2.24) is 0 Å². The number of carbonyl (C=O) groups is 2. The molecule has 0 amide bonds. The molecule has 0 aliphatic heterocycles. The first-order valence-corrected chi connectivity index (χ1v) is 11.7. The normalized spacial score (nSPS) is 10.8. The molecule has 0 saturated carbocycles. The van der Waals surface area contributed by atoms with Gasteiger partial charge in [-0.05, 0) is 44.5 Å². The molecule has 33 heavy (non-hydrogen) atoms. The first kappa shape index (κ1) is 25.9. The molecule has 0 fully saturated rings. The van der Waals surface area contributed by atoms with E-state index in [2.05, 4.69) is 13.2 Å². The Balaban J connectivity index is 2.37. The second-order valence-electron chi connectivity index (χ2n) is 7.05. The third-order valence-corrected chi connectivity index (χ3v) is 5.31. The van der Waals surface area contributed by atoms with Gasteiger partial charge in [0.15, 0.2) is 23.0 Å². The molecule has 0 heterocycles. The summed E-state index contributed by atoms with van der Waals surface area (Å²) < 4.78 is 40.8. The standard InChI is InChI=1S/C24H27O8P/c1-6-7-16-28-33(27,31-21-14-10-8-12-19(21)29-23(25)17(2)3)32-22-15-11-9-13-20(22)30-24(26)18(4)5/h8-15H,2,4,6-7,16H2,1,3,5H3. The van der Waals surface area contributed by atoms with Crippen LogP contribution in [-0.2, 0) is 18.7 Å². The van der Waals surface area contributed by atoms with Crippen LogP contribution < -0.4 is 18.5 Å². The molecule has 0 aliphatic rings. The number of rotatable bonds is 12. The highest BCUT2D eigenvalue weighted by Gasteiger charge is 2.33. The van der Waals surface area contributed by atoms with Gasteiger partial charge in [0.1, 0.15) is 0 Å². The number of carbonyl (C=O) groups excluding carboxylic acids is 2. The van der Waals surface area contributed by atoms with Crippen LogP contribution in [0.5, 0.6) is 23.0 Å². The Morgan fingerprint density at radius 3 is 1.55 bits per heavy atom. The fraction of sp³-hybridized carbons (Fsp3) is 0.250. The molecular formula is C24H27O8P. The predicted octanol–water partition coefficient (Wildman–Crippen LogP) is 6.03. The summed E-state index contributed by atoms with van der Waals surface area (Å²) in [7, 11) is -4.31. The number of hydrogen-bond donors (Lipinski definition) is 0. The molecule has 0 aliphatic carbocycles. The fourth-order valence-corrected chi connectivity index (χ4v) is 3.51. The van der Waals surface area contributed by atoms with Crippen molar-refractivity contribution in [3.05, 3.63) is 72.8 Å². The quantitative estimate of drug-likeness (QED) is 0.121. The van der Waals surface area contributed by atoms with Gasteiger partial charge in [-0.25, -0.2) is 14.2 Å². The van der Waals surface area contributed by atoms with Crippen LogP contribution in [0, 0.1) is 0 Å². The molecule has 0 spiro atoms. The molecule has 0 atom stereocenters. The number of phosphoric ester groups is 1. The Bertz CT molecular complexity index is 998. The van der Waals surface area contributed by atoms with Crippen molar-refractivity contribution in [3.63, 3.8) is 0 Å². The van der Waals surface area contributed by atoms with Gasteiger partial charge in [-0.1, -0.05) is 50.8 Å². The molecule has 9 heteroatoms. The summed E-state index contributed by atoms with van der Waals surface area (Å²) in [6, 6.07) is 12.3. The van der Waals surface area contributed by atoms with E-state index in [1.807, 2.05) is 6.92 Å². The topological polar surface area (TPSA) is 97.4 Å². The van der Waals surface area contributed by atoms with Crippen molar-refractivity contribution in [2.75, 3.05) is 6.61 Å². The van der Waals surface area contributed by atoms with Crippen molar-refractivity contribution < 1.29 is 37.2 Å². The van der Waals surface area contributed by atoms with E-state index >= 15 is 0 Å². The first-order valence-electron chi connectivity index (χ1n) is 10.2. The second-order valence-corrected chi connectivity index (χ2v) is 8.57. The number of phosphoric acid groups is 1. The summed E-state index contributed by atoms with van der Waals surface area (Å²) in [6.45, 7) is 12.1. The minimum Gasteiger partial charge on any atom is -0.419 e. The van der Waals surface area contributed by atoms with Crippen LogP contribution in [0.2, 0.25) is 0 Å². The van der Waals surface area contributed by atoms with Crippen LogP contribution in [0.1, 0.15) is 33.6 Å². The SMILES string of the molecule is C=C(C)C(=O)Oc1ccccc1OP(=O)(OCCCC)Oc1ccccc1OC(=O)C(=C)C. The number of ether oxygens (including phenoxy) is 2. The molecule has 0 N–H and O–H groups in total. The van der Waals surface area contributed by atoms with Crippen molar-refractivity contribution in [2.24, 2.45) is 0 Å². The smallest absolute Gasteiger partial charge is 0.419 e. The predicted molar refractivity (Wildman–Crippen MR) is 124 cm³/mol. The maximum Gasteiger partial charge on any atom is 0.587 e. The van der Waals surface area contributed by atoms with E-state index in [1.165, 1.54) is 38.1 Å². The third kappa shape index (κ3) is 7.93. The highest BCUT2D eigenvalue weighted by atomic mass is 31.2. The summed E-state index contributed by atoms with van der Waals surface area (Å²) in [5.74, 6) is -1.41. The van der Waals surface area contributed by atoms with Gasteiger partial charge in [0.25, 0.3) is 0 Å². The van der Waals surface area contributed by atoms with Crippen LogP contribution in [0.25, 0.3) is 0 Å². The minimum atomic E-state index is -4.31. The Kier molecular flexibility index (Phi) is 9.45. The van der Waals surface area contributed by atoms with E-state index in [-0.39, 0.29) is 40.8 Å². The molecule has 0 saturated heterocycles. The molecule has 0 aromatic heterocycles. The summed E-state index contributed by atoms with van der Waals surface area (Å²) in [6.07, 6.45) is 1.37. The van der Waals surface area contributed by atoms with E-state index in [1.54, 1.807) is 24.3 Å². The summed E-state index contributed by atoms with van der Waals surface area (Å²) in [5, 5.41) is 0. The average molecular weight is 474 g/mol. The highest BCUT2D eigenvalue weighted by molar-refractivity contribution is 7.49. The van der Waals surface area contributed by atoms with Gasteiger partial charge in [0.05, 0.1) is 6.61 Å². The molecule has 2 aromatic rings. The van der Waals surface area contributed by atoms with E-state index in [9.17, 15) is 14.2 Å². The second kappa shape index (κ2) is 12.0. The lowest BCUT2D eigenvalue weighted by molar-refractivity contribution is -0.131. The van der Waals surface area contributed by atoms with Gasteiger partial charge in [0.2, 0.25) is 0 Å². The number of para-hydroxylation sites is 4. The summed E-state index contributed by atoms with van der Waals surface area (Å²) >= 11 is 0. The van der Waals surface area contributed by atoms with Gasteiger partial charge in [-0.15, -0.1) is 0 Å². The van der Waals surface area contributed by atoms with Gasteiger partial charge in [-0.2, -0.15) is 0 Å². The zero-order valence-corrected chi connectivity index (χ0v) is 19.8. The fourth-order valence-electron chi connectivity index (χ4n) is 2.23. The summed E-state index contributed by atoms with van der Waals surface area (Å²) in [5.41, 5.74) is 0.355. The minimum absolute atomic E-state index is 0.00964. The molecule has 0 unspecified atom stereocenters. The average Bonchev–Trinajstić information content (AvgIpc) is 2.76. The van der Waals surface area contributed by atoms with Crippen LogP contribution in [0.3, 0.4) is 0 Å². The number of benzene rings is 2. The van der Waals surface area contributed by atoms with Crippen molar-refractivity contribution >= 4 is 19.8 Å². The van der Waals surface area contributed by atoms with Crippen molar-refractivity contribution in [3.8, 4) is 23.0 Å². The van der Waals surface area contributed by atoms with Crippen LogP contribution in [-0.4, -0.2) is 18.5 Å². The maximum absolute atomic E-state index is 13.6. The molecular weight excluding hydrogens is 447 g/mol. The van der Waals surface area contributed by atoms with E-state index < -0.39 is 19.8 Å². The maximum atomic E-state index is 13.6. The molecule has 176 valence electrons. The lowest BCUT2D eigenvalue weighted by Crippen LogP contribution is -2.12. The highest BCUT2D eigenvalue weighted by Crippen LogP contribution is 2.53. The van der Waals surface area contributed by atoms with Gasteiger partial charge < -0.3 is 18.5 Å². The zero-order chi connectivity index (χ0) is 24.4. The van der Waals surface area contributed by atoms with Crippen LogP contribution in [0.4, 0.5) is 0 Å². The van der Waals surface area contributed by atoms with E-state index in [4.69, 9.17) is 23.0 Å². The molecule has 0 bridgehead atoms. The number of esters is 2. The first-order chi connectivity index (χ1) is 15.6. The van der Waals surface area contributed by atoms with Gasteiger partial charge >= 0.3 is 19.8 Å². The van der Waals surface area contributed by atoms with Crippen molar-refractivity contribution in [2.45, 2.75) is 33.6 Å². The Morgan fingerprint density at radius 1 is 0.788 bits per heavy atom. The molecule has 2 aromatic carbocycles. The molecule has 2 rings (SSSR count). The van der Waals surface area contributed by atoms with Crippen molar-refractivity contribution in [1.29, 1.82) is 0 Å². The van der Waals surface area contributed by atoms with Gasteiger partial charge in [0, 0.05) is 11.1 Å². The van der Waals surface area contributed by atoms with E-state index in [0.717, 1.165) is 6.42 Å². The number of unbranched alkanes of at least 4 members (excludes halogenated alkanes) is 1. The summed E-state index contributed by atoms with van der Waals surface area (Å²) in [4.78, 5) is 23.9. The lowest BCUT2D eigenvalue weighted by atomic mass is 10.3. The van der Waals surface area contributed by atoms with E-state index in [0.29, 0.717) is 6.42 Å². The molecule has 0 radical (unpaired) electrons. The molecule has 8 nitrogen and oxygen atoms in total. The Hall–Kier alpha value is -3.35. The lowest BCUT2D eigenvalue weighted by Gasteiger charge is -2.21. The van der Waals surface area contributed by atoms with Crippen LogP contribution in [0.15, 0.2) is 72.8 Å². The largest absolute Gasteiger partial charge is 0.587 e. The van der Waals surface area contributed by atoms with Gasteiger partial charge in [-0.3, -0.25) is 4.52 Å².